The summed E-state index contributed by atoms with van der Waals surface area (Å²) in [5.41, 5.74) is 0.777. The normalized spacial score (nSPS) is 11.9. The van der Waals surface area contributed by atoms with E-state index in [4.69, 9.17) is 8.37 Å². The quantitative estimate of drug-likeness (QED) is 0.256. The molecule has 0 spiro atoms. The van der Waals surface area contributed by atoms with Crippen LogP contribution in [0.4, 0.5) is 0 Å². The van der Waals surface area contributed by atoms with E-state index in [2.05, 4.69) is 30.8 Å². The van der Waals surface area contributed by atoms with E-state index in [1.54, 1.807) is 30.3 Å². The van der Waals surface area contributed by atoms with Crippen LogP contribution in [-0.4, -0.2) is 47.7 Å². The topological polar surface area (TPSA) is 164 Å². The lowest BCUT2D eigenvalue weighted by molar-refractivity contribution is 0.454. The number of benzene rings is 2. The van der Waals surface area contributed by atoms with Crippen LogP contribution in [0.15, 0.2) is 82.8 Å². The molecule has 14 heteroatoms. The second-order valence-corrected chi connectivity index (χ2v) is 9.41. The van der Waals surface area contributed by atoms with Crippen LogP contribution in [0.2, 0.25) is 0 Å². The van der Waals surface area contributed by atoms with Crippen LogP contribution >= 0.6 is 0 Å². The van der Waals surface area contributed by atoms with Crippen molar-refractivity contribution in [2.45, 2.75) is 9.79 Å². The first kappa shape index (κ1) is 22.9. The molecule has 0 radical (unpaired) electrons. The molecule has 2 aromatic heterocycles. The molecule has 34 heavy (non-hydrogen) atoms. The van der Waals surface area contributed by atoms with Crippen molar-refractivity contribution in [3.8, 4) is 11.8 Å². The van der Waals surface area contributed by atoms with Crippen LogP contribution in [0.25, 0.3) is 12.2 Å². The van der Waals surface area contributed by atoms with Gasteiger partial charge in [-0.25, -0.2) is 0 Å². The van der Waals surface area contributed by atoms with E-state index in [-0.39, 0.29) is 5.56 Å². The molecule has 12 nitrogen and oxygen atoms in total. The van der Waals surface area contributed by atoms with Crippen molar-refractivity contribution in [1.82, 2.24) is 30.8 Å². The molecule has 0 fully saturated rings. The molecule has 0 saturated carbocycles. The highest BCUT2D eigenvalue weighted by Gasteiger charge is 2.32. The van der Waals surface area contributed by atoms with Crippen molar-refractivity contribution < 1.29 is 25.2 Å². The molecule has 0 aliphatic rings. The van der Waals surface area contributed by atoms with Crippen LogP contribution in [0, 0.1) is 0 Å². The summed E-state index contributed by atoms with van der Waals surface area (Å²) in [6, 6.07) is 15.2. The maximum atomic E-state index is 13.3. The van der Waals surface area contributed by atoms with Gasteiger partial charge in [0.2, 0.25) is 0 Å². The van der Waals surface area contributed by atoms with Gasteiger partial charge in [0.05, 0.1) is 12.4 Å². The molecule has 0 N–H and O–H groups in total. The summed E-state index contributed by atoms with van der Waals surface area (Å²) in [7, 11) is -9.44. The first-order chi connectivity index (χ1) is 16.4. The molecule has 0 atom stereocenters. The molecule has 0 bridgehead atoms. The fourth-order valence-corrected chi connectivity index (χ4v) is 5.48. The Morgan fingerprint density at radius 3 is 1.85 bits per heavy atom. The number of rotatable bonds is 8. The lowest BCUT2D eigenvalue weighted by Crippen LogP contribution is -2.20. The summed E-state index contributed by atoms with van der Waals surface area (Å²) in [6.07, 6.45) is 5.39. The minimum Gasteiger partial charge on any atom is -0.356 e. The Bertz CT molecular complexity index is 1520. The highest BCUT2D eigenvalue weighted by atomic mass is 32.2. The van der Waals surface area contributed by atoms with Crippen molar-refractivity contribution in [3.63, 3.8) is 0 Å². The average molecular weight is 499 g/mol. The third kappa shape index (κ3) is 5.36. The predicted octanol–water partition coefficient (Wildman–Crippen LogP) is 1.76. The van der Waals surface area contributed by atoms with E-state index >= 15 is 0 Å². The van der Waals surface area contributed by atoms with E-state index in [0.717, 1.165) is 23.8 Å². The molecular weight excluding hydrogens is 484 g/mol. The van der Waals surface area contributed by atoms with Gasteiger partial charge in [-0.05, 0) is 27.6 Å². The van der Waals surface area contributed by atoms with E-state index in [1.807, 2.05) is 6.07 Å². The zero-order valence-electron chi connectivity index (χ0n) is 17.0. The maximum Gasteiger partial charge on any atom is 0.342 e. The van der Waals surface area contributed by atoms with Crippen LogP contribution in [0.5, 0.6) is 11.8 Å². The second kappa shape index (κ2) is 9.68. The first-order valence-corrected chi connectivity index (χ1v) is 12.2. The summed E-state index contributed by atoms with van der Waals surface area (Å²) < 4.78 is 62.6. The van der Waals surface area contributed by atoms with Crippen molar-refractivity contribution in [2.75, 3.05) is 0 Å². The molecule has 0 saturated heterocycles. The van der Waals surface area contributed by atoms with Crippen LogP contribution in [-0.2, 0) is 20.2 Å². The Morgan fingerprint density at radius 1 is 0.647 bits per heavy atom. The van der Waals surface area contributed by atoms with Gasteiger partial charge in [0, 0.05) is 12.1 Å². The number of hydrogen-bond acceptors (Lipinski definition) is 12. The standard InChI is InChI=1S/C20H14N6O6S2/c27-33(28,31-18-11-13-21-25-23-18)17-8-4-7-16(10-9-15-5-2-1-3-6-15)20(17)34(29,30)32-19-12-14-22-26-24-19/h1-14H. The van der Waals surface area contributed by atoms with Crippen molar-refractivity contribution >= 4 is 32.4 Å². The Labute approximate surface area is 194 Å². The van der Waals surface area contributed by atoms with Gasteiger partial charge in [0.25, 0.3) is 11.8 Å². The number of nitrogens with zero attached hydrogens (tertiary/aromatic N) is 6. The molecule has 0 aliphatic heterocycles. The molecule has 172 valence electrons. The van der Waals surface area contributed by atoms with Gasteiger partial charge in [-0.1, -0.05) is 64.8 Å². The van der Waals surface area contributed by atoms with Crippen molar-refractivity contribution in [1.29, 1.82) is 0 Å². The Hall–Kier alpha value is -4.30. The molecule has 4 rings (SSSR count). The van der Waals surface area contributed by atoms with Gasteiger partial charge in [0.15, 0.2) is 0 Å². The zero-order chi connectivity index (χ0) is 24.0. The Balaban J connectivity index is 1.85. The molecule has 0 aliphatic carbocycles. The first-order valence-electron chi connectivity index (χ1n) is 9.39. The molecule has 4 aromatic rings. The van der Waals surface area contributed by atoms with Crippen molar-refractivity contribution in [3.05, 3.63) is 84.2 Å². The summed E-state index contributed by atoms with van der Waals surface area (Å²) in [5.74, 6) is -0.800. The fraction of sp³-hybridized carbons (Fsp3) is 0. The van der Waals surface area contributed by atoms with Gasteiger partial charge in [-0.3, -0.25) is 0 Å². The Kier molecular flexibility index (Phi) is 6.51. The van der Waals surface area contributed by atoms with Gasteiger partial charge in [-0.2, -0.15) is 16.8 Å². The lowest BCUT2D eigenvalue weighted by Gasteiger charge is -2.13. The van der Waals surface area contributed by atoms with Gasteiger partial charge in [-0.15, -0.1) is 10.2 Å². The highest BCUT2D eigenvalue weighted by Crippen LogP contribution is 2.30. The maximum absolute atomic E-state index is 13.3. The zero-order valence-corrected chi connectivity index (χ0v) is 18.7. The van der Waals surface area contributed by atoms with Gasteiger partial charge >= 0.3 is 20.2 Å². The van der Waals surface area contributed by atoms with Gasteiger partial charge in [0.1, 0.15) is 9.79 Å². The highest BCUT2D eigenvalue weighted by molar-refractivity contribution is 7.90. The number of hydrogen-bond donors (Lipinski definition) is 0. The number of aromatic nitrogens is 6. The minimum atomic E-state index is -4.74. The Morgan fingerprint density at radius 2 is 1.26 bits per heavy atom. The van der Waals surface area contributed by atoms with E-state index in [1.165, 1.54) is 30.6 Å². The molecule has 0 amide bonds. The van der Waals surface area contributed by atoms with E-state index < -0.39 is 41.8 Å². The lowest BCUT2D eigenvalue weighted by atomic mass is 10.1. The molecule has 2 heterocycles. The second-order valence-electron chi connectivity index (χ2n) is 6.41. The minimum absolute atomic E-state index is 0.0244. The van der Waals surface area contributed by atoms with Gasteiger partial charge < -0.3 is 8.37 Å². The molecular formula is C20H14N6O6S2. The average Bonchev–Trinajstić information content (AvgIpc) is 2.84. The summed E-state index contributed by atoms with van der Waals surface area (Å²) >= 11 is 0. The van der Waals surface area contributed by atoms with Crippen LogP contribution < -0.4 is 8.37 Å². The van der Waals surface area contributed by atoms with Crippen LogP contribution in [0.3, 0.4) is 0 Å². The molecule has 2 aromatic carbocycles. The van der Waals surface area contributed by atoms with E-state index in [0.29, 0.717) is 0 Å². The van der Waals surface area contributed by atoms with Crippen LogP contribution in [0.1, 0.15) is 11.1 Å². The predicted molar refractivity (Wildman–Crippen MR) is 117 cm³/mol. The largest absolute Gasteiger partial charge is 0.356 e. The smallest absolute Gasteiger partial charge is 0.342 e. The summed E-state index contributed by atoms with van der Waals surface area (Å²) in [6.45, 7) is 0. The summed E-state index contributed by atoms with van der Waals surface area (Å²) in [5, 5.41) is 20.5. The monoisotopic (exact) mass is 498 g/mol. The summed E-state index contributed by atoms with van der Waals surface area (Å²) in [4.78, 5) is -1.34. The third-order valence-corrected chi connectivity index (χ3v) is 6.88. The SMILES string of the molecule is O=S(=O)(Oc1ccnnn1)c1cccc(C=Cc2ccccc2)c1S(=O)(=O)Oc1ccnnn1. The fourth-order valence-electron chi connectivity index (χ4n) is 2.74. The molecule has 0 unspecified atom stereocenters. The van der Waals surface area contributed by atoms with E-state index in [9.17, 15) is 16.8 Å². The van der Waals surface area contributed by atoms with Crippen molar-refractivity contribution in [2.24, 2.45) is 0 Å². The third-order valence-electron chi connectivity index (χ3n) is 4.13.